The van der Waals surface area contributed by atoms with Crippen molar-refractivity contribution < 1.29 is 19.0 Å². The van der Waals surface area contributed by atoms with E-state index in [9.17, 15) is 4.79 Å². The second kappa shape index (κ2) is 10.8. The minimum Gasteiger partial charge on any atom is -0.490 e. The van der Waals surface area contributed by atoms with Gasteiger partial charge in [-0.15, -0.1) is 0 Å². The van der Waals surface area contributed by atoms with Crippen LogP contribution in [0.25, 0.3) is 0 Å². The van der Waals surface area contributed by atoms with Gasteiger partial charge < -0.3 is 24.8 Å². The Kier molecular flexibility index (Phi) is 7.89. The number of nitrogens with one attached hydrogen (secondary N) is 2. The van der Waals surface area contributed by atoms with Crippen molar-refractivity contribution in [3.05, 3.63) is 70.9 Å². The average molecular weight is 441 g/mol. The van der Waals surface area contributed by atoms with Gasteiger partial charge >= 0.3 is 5.97 Å². The van der Waals surface area contributed by atoms with Gasteiger partial charge in [-0.25, -0.2) is 4.79 Å². The maximum Gasteiger partial charge on any atom is 0.338 e. The van der Waals surface area contributed by atoms with E-state index in [2.05, 4.69) is 17.6 Å². The van der Waals surface area contributed by atoms with Gasteiger partial charge in [-0.1, -0.05) is 43.3 Å². The highest BCUT2D eigenvalue weighted by molar-refractivity contribution is 7.80. The summed E-state index contributed by atoms with van der Waals surface area (Å²) in [5.41, 5.74) is 2.90. The largest absolute Gasteiger partial charge is 0.490 e. The Balaban J connectivity index is 1.88. The summed E-state index contributed by atoms with van der Waals surface area (Å²) in [6, 6.07) is 14.8. The Labute approximate surface area is 188 Å². The van der Waals surface area contributed by atoms with Crippen molar-refractivity contribution >= 4 is 23.3 Å². The van der Waals surface area contributed by atoms with E-state index in [1.165, 1.54) is 0 Å². The zero-order chi connectivity index (χ0) is 22.2. The smallest absolute Gasteiger partial charge is 0.338 e. The third kappa shape index (κ3) is 5.76. The van der Waals surface area contributed by atoms with Crippen LogP contribution in [-0.2, 0) is 16.1 Å². The molecule has 0 radical (unpaired) electrons. The molecule has 0 saturated carbocycles. The number of hydrogen-bond donors (Lipinski definition) is 2. The molecule has 0 amide bonds. The molecule has 2 N–H and O–H groups in total. The van der Waals surface area contributed by atoms with Crippen molar-refractivity contribution in [3.8, 4) is 11.5 Å². The van der Waals surface area contributed by atoms with Gasteiger partial charge in [0.1, 0.15) is 6.61 Å². The fourth-order valence-corrected chi connectivity index (χ4v) is 3.59. The molecule has 6 nitrogen and oxygen atoms in total. The van der Waals surface area contributed by atoms with Crippen LogP contribution in [0.1, 0.15) is 44.4 Å². The van der Waals surface area contributed by atoms with Crippen LogP contribution in [-0.4, -0.2) is 24.3 Å². The van der Waals surface area contributed by atoms with Gasteiger partial charge in [-0.2, -0.15) is 0 Å². The van der Waals surface area contributed by atoms with E-state index in [-0.39, 0.29) is 6.61 Å². The molecule has 1 aliphatic rings. The summed E-state index contributed by atoms with van der Waals surface area (Å²) in [6.45, 7) is 7.10. The van der Waals surface area contributed by atoms with Crippen molar-refractivity contribution in [3.63, 3.8) is 0 Å². The molecule has 0 aliphatic carbocycles. The number of rotatable bonds is 9. The Hall–Kier alpha value is -3.06. The third-order valence-electron chi connectivity index (χ3n) is 4.76. The van der Waals surface area contributed by atoms with Gasteiger partial charge in [0.2, 0.25) is 0 Å². The first kappa shape index (κ1) is 22.6. The summed E-state index contributed by atoms with van der Waals surface area (Å²) < 4.78 is 17.2. The lowest BCUT2D eigenvalue weighted by Gasteiger charge is -2.30. The van der Waals surface area contributed by atoms with Gasteiger partial charge in [0, 0.05) is 5.70 Å². The number of benzene rings is 2. The Morgan fingerprint density at radius 2 is 1.84 bits per heavy atom. The van der Waals surface area contributed by atoms with Crippen molar-refractivity contribution in [2.75, 3.05) is 13.2 Å². The first-order valence-corrected chi connectivity index (χ1v) is 10.8. The Bertz CT molecular complexity index is 959. The van der Waals surface area contributed by atoms with Gasteiger partial charge in [-0.05, 0) is 55.7 Å². The minimum atomic E-state index is -0.462. The van der Waals surface area contributed by atoms with Crippen LogP contribution in [0.4, 0.5) is 0 Å². The van der Waals surface area contributed by atoms with Crippen LogP contribution in [0.3, 0.4) is 0 Å². The number of ether oxygens (including phenoxy) is 3. The topological polar surface area (TPSA) is 68.8 Å². The fraction of sp³-hybridized carbons (Fsp3) is 0.333. The standard InChI is InChI=1S/C24H28N2O4S/c1-4-13-29-19-12-11-18(14-20(19)28-5-2)22-21(16(3)25-24(31)26-22)23(27)30-15-17-9-7-6-8-10-17/h6-12,14,22H,4-5,13,15H2,1-3H3,(H2,25,26,31). The lowest BCUT2D eigenvalue weighted by Crippen LogP contribution is -2.45. The normalized spacial score (nSPS) is 15.7. The predicted octanol–water partition coefficient (Wildman–Crippen LogP) is 4.41. The maximum absolute atomic E-state index is 13.0. The van der Waals surface area contributed by atoms with Gasteiger partial charge in [0.05, 0.1) is 24.8 Å². The zero-order valence-corrected chi connectivity index (χ0v) is 18.9. The molecule has 1 heterocycles. The molecule has 164 valence electrons. The number of carbonyl (C=O) groups is 1. The van der Waals surface area contributed by atoms with Gasteiger partial charge in [0.25, 0.3) is 0 Å². The van der Waals surface area contributed by atoms with Gasteiger partial charge in [0.15, 0.2) is 16.6 Å². The first-order valence-electron chi connectivity index (χ1n) is 10.4. The summed E-state index contributed by atoms with van der Waals surface area (Å²) in [6.07, 6.45) is 0.900. The summed E-state index contributed by atoms with van der Waals surface area (Å²) in [4.78, 5) is 13.0. The molecule has 0 fully saturated rings. The van der Waals surface area contributed by atoms with Crippen LogP contribution >= 0.6 is 12.2 Å². The van der Waals surface area contributed by atoms with Crippen LogP contribution in [0.2, 0.25) is 0 Å². The molecule has 3 rings (SSSR count). The molecule has 2 aromatic carbocycles. The van der Waals surface area contributed by atoms with E-state index >= 15 is 0 Å². The van der Waals surface area contributed by atoms with Crippen molar-refractivity contribution in [2.24, 2.45) is 0 Å². The quantitative estimate of drug-likeness (QED) is 0.442. The van der Waals surface area contributed by atoms with Crippen LogP contribution < -0.4 is 20.1 Å². The molecular weight excluding hydrogens is 412 g/mol. The summed E-state index contributed by atoms with van der Waals surface area (Å²) in [5, 5.41) is 6.67. The molecule has 1 atom stereocenters. The number of thiocarbonyl (C=S) groups is 1. The third-order valence-corrected chi connectivity index (χ3v) is 4.98. The molecule has 31 heavy (non-hydrogen) atoms. The second-order valence-corrected chi connectivity index (χ2v) is 7.53. The molecule has 1 aliphatic heterocycles. The fourth-order valence-electron chi connectivity index (χ4n) is 3.32. The molecule has 0 saturated heterocycles. The number of allylic oxidation sites excluding steroid dienone is 1. The number of esters is 1. The monoisotopic (exact) mass is 440 g/mol. The predicted molar refractivity (Wildman–Crippen MR) is 124 cm³/mol. The summed E-state index contributed by atoms with van der Waals surface area (Å²) >= 11 is 5.34. The molecular formula is C24H28N2O4S. The first-order chi connectivity index (χ1) is 15.0. The van der Waals surface area contributed by atoms with E-state index in [0.29, 0.717) is 41.1 Å². The van der Waals surface area contributed by atoms with E-state index < -0.39 is 12.0 Å². The highest BCUT2D eigenvalue weighted by Crippen LogP contribution is 2.35. The van der Waals surface area contributed by atoms with Crippen molar-refractivity contribution in [1.29, 1.82) is 0 Å². The van der Waals surface area contributed by atoms with Crippen LogP contribution in [0.15, 0.2) is 59.8 Å². The molecule has 7 heteroatoms. The molecule has 2 aromatic rings. The van der Waals surface area contributed by atoms with Gasteiger partial charge in [-0.3, -0.25) is 0 Å². The lowest BCUT2D eigenvalue weighted by molar-refractivity contribution is -0.140. The lowest BCUT2D eigenvalue weighted by atomic mass is 9.95. The molecule has 1 unspecified atom stereocenters. The Morgan fingerprint density at radius 3 is 2.55 bits per heavy atom. The van der Waals surface area contributed by atoms with E-state index in [1.54, 1.807) is 0 Å². The number of carbonyl (C=O) groups excluding carboxylic acids is 1. The second-order valence-electron chi connectivity index (χ2n) is 7.12. The zero-order valence-electron chi connectivity index (χ0n) is 18.1. The van der Waals surface area contributed by atoms with Crippen LogP contribution in [0, 0.1) is 0 Å². The average Bonchev–Trinajstić information content (AvgIpc) is 2.77. The minimum absolute atomic E-state index is 0.196. The molecule has 0 bridgehead atoms. The molecule has 0 aromatic heterocycles. The highest BCUT2D eigenvalue weighted by atomic mass is 32.1. The maximum atomic E-state index is 13.0. The van der Waals surface area contributed by atoms with Crippen LogP contribution in [0.5, 0.6) is 11.5 Å². The van der Waals surface area contributed by atoms with E-state index in [4.69, 9.17) is 26.4 Å². The van der Waals surface area contributed by atoms with Crippen molar-refractivity contribution in [2.45, 2.75) is 39.8 Å². The summed E-state index contributed by atoms with van der Waals surface area (Å²) in [7, 11) is 0. The van der Waals surface area contributed by atoms with E-state index in [0.717, 1.165) is 17.5 Å². The Morgan fingerprint density at radius 1 is 1.06 bits per heavy atom. The molecule has 0 spiro atoms. The van der Waals surface area contributed by atoms with Crippen molar-refractivity contribution in [1.82, 2.24) is 10.6 Å². The van der Waals surface area contributed by atoms with E-state index in [1.807, 2.05) is 62.4 Å². The summed E-state index contributed by atoms with van der Waals surface area (Å²) in [5.74, 6) is 0.908. The SMILES string of the molecule is CCCOc1ccc(C2NC(=S)NC(C)=C2C(=O)OCc2ccccc2)cc1OCC. The highest BCUT2D eigenvalue weighted by Gasteiger charge is 2.31. The number of hydrogen-bond acceptors (Lipinski definition) is 5.